The molecule has 0 bridgehead atoms. The summed E-state index contributed by atoms with van der Waals surface area (Å²) < 4.78 is 46.0. The first kappa shape index (κ1) is 44.7. The average Bonchev–Trinajstić information content (AvgIpc) is 3.67. The molecule has 4 unspecified atom stereocenters. The molecule has 4 atom stereocenters. The van der Waals surface area contributed by atoms with Gasteiger partial charge in [0.2, 0.25) is 19.1 Å². The molecular formula is C46H73ClN4O4S2. The minimum absolute atomic E-state index is 0.00849. The normalized spacial score (nSPS) is 30.3. The van der Waals surface area contributed by atoms with Gasteiger partial charge >= 0.3 is 0 Å². The maximum Gasteiger partial charge on any atom is 0.232 e. The topological polar surface area (TPSA) is 113 Å². The lowest BCUT2D eigenvalue weighted by atomic mass is 9.86. The smallest absolute Gasteiger partial charge is 0.232 e. The number of fused-ring (bicyclic) bond motifs is 2. The van der Waals surface area contributed by atoms with E-state index < -0.39 is 19.1 Å². The van der Waals surface area contributed by atoms with E-state index in [1.54, 1.807) is 6.92 Å². The Bertz CT molecular complexity index is 1800. The predicted octanol–water partition coefficient (Wildman–Crippen LogP) is 9.65. The third-order valence-corrected chi connectivity index (χ3v) is 17.9. The highest BCUT2D eigenvalue weighted by Gasteiger charge is 2.66. The molecule has 2 heterocycles. The number of hydrogen-bond acceptors (Lipinski definition) is 7. The fourth-order valence-corrected chi connectivity index (χ4v) is 12.0. The van der Waals surface area contributed by atoms with E-state index in [0.29, 0.717) is 11.1 Å². The Balaban J connectivity index is 0.000000171. The fourth-order valence-electron chi connectivity index (χ4n) is 11.3. The van der Waals surface area contributed by atoms with Gasteiger partial charge in [-0.1, -0.05) is 109 Å². The van der Waals surface area contributed by atoms with Crippen LogP contribution in [-0.4, -0.2) is 77.4 Å². The molecule has 8 rings (SSSR count). The molecule has 4 aliphatic carbocycles. The molecule has 0 aromatic heterocycles. The average molecular weight is 846 g/mol. The summed E-state index contributed by atoms with van der Waals surface area (Å²) in [5.41, 5.74) is 11.0. The summed E-state index contributed by atoms with van der Waals surface area (Å²) in [6, 6.07) is 16.7. The van der Waals surface area contributed by atoms with Gasteiger partial charge in [0, 0.05) is 59.1 Å². The molecule has 2 aromatic rings. The van der Waals surface area contributed by atoms with Gasteiger partial charge in [0.1, 0.15) is 0 Å². The maximum absolute atomic E-state index is 11.9. The molecule has 4 saturated carbocycles. The van der Waals surface area contributed by atoms with Crippen molar-refractivity contribution < 1.29 is 16.8 Å². The van der Waals surface area contributed by atoms with E-state index >= 15 is 0 Å². The number of piperidine rings is 2. The van der Waals surface area contributed by atoms with E-state index in [-0.39, 0.29) is 16.9 Å². The maximum atomic E-state index is 11.9. The molecular weight excluding hydrogens is 772 g/mol. The Hall–Kier alpha value is -1.85. The van der Waals surface area contributed by atoms with Crippen molar-refractivity contribution >= 4 is 41.1 Å². The minimum Gasteiger partial charge on any atom is -0.399 e. The van der Waals surface area contributed by atoms with Gasteiger partial charge in [0.05, 0.1) is 11.5 Å². The molecule has 2 aliphatic heterocycles. The largest absolute Gasteiger partial charge is 0.399 e. The molecule has 11 heteroatoms. The Morgan fingerprint density at radius 3 is 1.49 bits per heavy atom. The van der Waals surface area contributed by atoms with Crippen molar-refractivity contribution in [2.24, 2.45) is 35.5 Å². The molecule has 6 aliphatic rings. The van der Waals surface area contributed by atoms with Crippen LogP contribution in [0.1, 0.15) is 129 Å². The zero-order valence-corrected chi connectivity index (χ0v) is 37.8. The van der Waals surface area contributed by atoms with E-state index in [9.17, 15) is 16.8 Å². The van der Waals surface area contributed by atoms with Crippen molar-refractivity contribution in [1.29, 1.82) is 0 Å². The number of sulfonamides is 1. The summed E-state index contributed by atoms with van der Waals surface area (Å²) in [7, 11) is -1.72. The lowest BCUT2D eigenvalue weighted by Crippen LogP contribution is -2.30. The van der Waals surface area contributed by atoms with Crippen molar-refractivity contribution in [1.82, 2.24) is 9.80 Å². The van der Waals surface area contributed by atoms with Crippen LogP contribution in [-0.2, 0) is 29.9 Å². The number of nitrogens with two attached hydrogens (primary N) is 1. The number of hydrogen-bond donors (Lipinski definition) is 2. The van der Waals surface area contributed by atoms with Crippen LogP contribution in [0.3, 0.4) is 0 Å². The summed E-state index contributed by atoms with van der Waals surface area (Å²) in [5, 5.41) is 0. The van der Waals surface area contributed by atoms with Crippen LogP contribution in [0.4, 0.5) is 11.4 Å². The third kappa shape index (κ3) is 11.5. The Labute approximate surface area is 350 Å². The van der Waals surface area contributed by atoms with Crippen LogP contribution >= 0.6 is 10.7 Å². The van der Waals surface area contributed by atoms with E-state index in [1.165, 1.54) is 147 Å². The van der Waals surface area contributed by atoms with Crippen LogP contribution in [0, 0.1) is 35.5 Å². The quantitative estimate of drug-likeness (QED) is 0.144. The van der Waals surface area contributed by atoms with E-state index in [2.05, 4.69) is 69.4 Å². The highest BCUT2D eigenvalue weighted by molar-refractivity contribution is 8.13. The fraction of sp³-hybridized carbons (Fsp3) is 0.739. The minimum atomic E-state index is -3.22. The molecule has 0 radical (unpaired) electrons. The summed E-state index contributed by atoms with van der Waals surface area (Å²) >= 11 is 0. The van der Waals surface area contributed by atoms with Gasteiger partial charge in [-0.15, -0.1) is 0 Å². The summed E-state index contributed by atoms with van der Waals surface area (Å²) in [6.07, 6.45) is 20.4. The number of anilines is 2. The van der Waals surface area contributed by atoms with Crippen LogP contribution in [0.15, 0.2) is 48.5 Å². The van der Waals surface area contributed by atoms with E-state index in [1.807, 2.05) is 18.2 Å². The van der Waals surface area contributed by atoms with E-state index in [0.717, 1.165) is 41.2 Å². The summed E-state index contributed by atoms with van der Waals surface area (Å²) in [4.78, 5) is 5.40. The lowest BCUT2D eigenvalue weighted by Gasteiger charge is -2.26. The number of nitrogens with one attached hydrogen (secondary N) is 1. The molecule has 320 valence electrons. The number of rotatable bonds is 14. The summed E-state index contributed by atoms with van der Waals surface area (Å²) in [5.74, 6) is 5.31. The van der Waals surface area contributed by atoms with Crippen molar-refractivity contribution in [2.75, 3.05) is 61.2 Å². The number of halogens is 1. The van der Waals surface area contributed by atoms with Gasteiger partial charge in [-0.05, 0) is 117 Å². The van der Waals surface area contributed by atoms with Gasteiger partial charge in [0.25, 0.3) is 0 Å². The Morgan fingerprint density at radius 2 is 1.09 bits per heavy atom. The van der Waals surface area contributed by atoms with Crippen LogP contribution in [0.2, 0.25) is 0 Å². The van der Waals surface area contributed by atoms with Crippen molar-refractivity contribution in [3.8, 4) is 0 Å². The van der Waals surface area contributed by atoms with Gasteiger partial charge in [0.15, 0.2) is 0 Å². The first-order valence-corrected chi connectivity index (χ1v) is 26.6. The molecule has 2 aromatic carbocycles. The third-order valence-electron chi connectivity index (χ3n) is 15.3. The van der Waals surface area contributed by atoms with Crippen molar-refractivity contribution in [3.63, 3.8) is 0 Å². The highest BCUT2D eigenvalue weighted by Crippen LogP contribution is 2.64. The van der Waals surface area contributed by atoms with Gasteiger partial charge in [-0.3, -0.25) is 4.72 Å². The van der Waals surface area contributed by atoms with Gasteiger partial charge in [-0.2, -0.15) is 0 Å². The van der Waals surface area contributed by atoms with Crippen molar-refractivity contribution in [3.05, 3.63) is 59.7 Å². The zero-order chi connectivity index (χ0) is 40.8. The van der Waals surface area contributed by atoms with Crippen LogP contribution in [0.25, 0.3) is 0 Å². The molecule has 0 amide bonds. The Morgan fingerprint density at radius 1 is 0.667 bits per heavy atom. The number of nitrogen functional groups attached to an aromatic ring is 1. The second kappa shape index (κ2) is 19.2. The second-order valence-electron chi connectivity index (χ2n) is 18.8. The molecule has 6 fully saturated rings. The highest BCUT2D eigenvalue weighted by atomic mass is 35.7. The van der Waals surface area contributed by atoms with E-state index in [4.69, 9.17) is 5.73 Å². The first-order chi connectivity index (χ1) is 27.2. The molecule has 8 nitrogen and oxygen atoms in total. The molecule has 3 N–H and O–H groups in total. The van der Waals surface area contributed by atoms with Gasteiger partial charge < -0.3 is 15.5 Å². The molecule has 57 heavy (non-hydrogen) atoms. The standard InChI is InChI=1S/C23H36N2O2S.C21H32N2.C2H5ClO2S/c1-3-28(26,27)24-20-13-7-12-19(15-20)23(2)21-16-25(17-22(21)23)14-8-11-18-9-5-4-6-10-18;1-21(17-10-5-11-18(22)13-17)19-14-23(15-20(19)21)12-6-9-16-7-3-2-4-8-16;1-2-6(3,4)5/h7,12-13,15,18,21-22,24H,3-6,8-11,14,16-17H2,1-2H3;5,10-11,13,16,19-20H,2-4,6-9,12,14-15,22H2,1H3;2H2,1H3. The first-order valence-electron chi connectivity index (χ1n) is 22.5. The SMILES string of the molecule is CC1(c2cccc(N)c2)C2CN(CCCC3CCCCC3)CC21.CCS(=O)(=O)Cl.CCS(=O)(=O)Nc1cccc(C2(C)C3CN(CCCC4CCCCC4)CC32)c1. The summed E-state index contributed by atoms with van der Waals surface area (Å²) in [6.45, 7) is 15.6. The van der Waals surface area contributed by atoms with Crippen LogP contribution < -0.4 is 10.5 Å². The zero-order valence-electron chi connectivity index (χ0n) is 35.4. The predicted molar refractivity (Wildman–Crippen MR) is 239 cm³/mol. The lowest BCUT2D eigenvalue weighted by molar-refractivity contribution is 0.253. The number of likely N-dealkylation sites (tertiary alicyclic amines) is 2. The second-order valence-corrected chi connectivity index (χ2v) is 23.9. The van der Waals surface area contributed by atoms with Crippen LogP contribution in [0.5, 0.6) is 0 Å². The van der Waals surface area contributed by atoms with Gasteiger partial charge in [-0.25, -0.2) is 16.8 Å². The number of benzene rings is 2. The Kier molecular flexibility index (Phi) is 15.1. The van der Waals surface area contributed by atoms with Crippen molar-refractivity contribution in [2.45, 2.75) is 128 Å². The molecule has 2 saturated heterocycles. The number of nitrogens with zero attached hydrogens (tertiary/aromatic N) is 2. The monoisotopic (exact) mass is 844 g/mol. The molecule has 0 spiro atoms.